The van der Waals surface area contributed by atoms with Crippen LogP contribution in [0, 0.1) is 0 Å². The predicted octanol–water partition coefficient (Wildman–Crippen LogP) is 0.456. The second-order valence-corrected chi connectivity index (χ2v) is 5.52. The van der Waals surface area contributed by atoms with Gasteiger partial charge in [0.25, 0.3) is 5.91 Å². The highest BCUT2D eigenvalue weighted by Gasteiger charge is 2.51. The average Bonchev–Trinajstić information content (AvgIpc) is 2.97. The number of aliphatic imine (C=N–C) groups is 1. The molecule has 2 amide bonds. The van der Waals surface area contributed by atoms with E-state index in [1.165, 1.54) is 0 Å². The highest BCUT2D eigenvalue weighted by molar-refractivity contribution is 5.93. The number of carbonyl (C=O) groups is 2. The molecule has 2 aliphatic rings. The van der Waals surface area contributed by atoms with Crippen molar-refractivity contribution in [2.45, 2.75) is 24.2 Å². The van der Waals surface area contributed by atoms with Crippen molar-refractivity contribution < 1.29 is 27.5 Å². The highest BCUT2D eigenvalue weighted by atomic mass is 19.4. The van der Waals surface area contributed by atoms with Crippen molar-refractivity contribution in [3.05, 3.63) is 29.8 Å². The number of alkyl halides is 3. The maximum atomic E-state index is 12.7. The molecule has 1 aromatic carbocycles. The topological polar surface area (TPSA) is 97.0 Å². The number of nitrogens with two attached hydrogens (primary N) is 1. The highest BCUT2D eigenvalue weighted by Crippen LogP contribution is 2.44. The molecule has 3 N–H and O–H groups in total. The summed E-state index contributed by atoms with van der Waals surface area (Å²) in [5.41, 5.74) is 1.28. The molecule has 2 aliphatic heterocycles. The van der Waals surface area contributed by atoms with Crippen molar-refractivity contribution in [3.63, 3.8) is 0 Å². The Kier molecular flexibility index (Phi) is 3.71. The van der Waals surface area contributed by atoms with E-state index < -0.39 is 29.6 Å². The Morgan fingerprint density at radius 2 is 2.08 bits per heavy atom. The van der Waals surface area contributed by atoms with E-state index in [1.807, 2.05) is 5.43 Å². The summed E-state index contributed by atoms with van der Waals surface area (Å²) in [4.78, 5) is 27.9. The minimum atomic E-state index is -5.00. The van der Waals surface area contributed by atoms with Crippen molar-refractivity contribution >= 4 is 18.2 Å². The number of benzene rings is 1. The van der Waals surface area contributed by atoms with Gasteiger partial charge in [-0.25, -0.2) is 5.84 Å². The van der Waals surface area contributed by atoms with Crippen molar-refractivity contribution in [2.75, 3.05) is 6.54 Å². The van der Waals surface area contributed by atoms with Gasteiger partial charge in [0.1, 0.15) is 11.3 Å². The number of halogens is 3. The van der Waals surface area contributed by atoms with Crippen molar-refractivity contribution in [3.8, 4) is 5.75 Å². The molecular formula is C14H13F3N4O3. The largest absolute Gasteiger partial charge is 0.480 e. The number of hydrogen-bond donors (Lipinski definition) is 2. The Morgan fingerprint density at radius 3 is 2.75 bits per heavy atom. The SMILES string of the molecule is NNC(=O)C1CC2(CN(C(=O)C(F)(F)F)C=N2)c2ccccc2O1. The number of carbonyl (C=O) groups excluding carboxylic acids is 2. The second kappa shape index (κ2) is 5.48. The number of amides is 2. The van der Waals surface area contributed by atoms with E-state index in [9.17, 15) is 22.8 Å². The smallest absolute Gasteiger partial charge is 0.471 e. The fraction of sp³-hybridized carbons (Fsp3) is 0.357. The molecular weight excluding hydrogens is 329 g/mol. The Morgan fingerprint density at radius 1 is 1.38 bits per heavy atom. The van der Waals surface area contributed by atoms with Crippen LogP contribution in [0.2, 0.25) is 0 Å². The van der Waals surface area contributed by atoms with Gasteiger partial charge in [-0.3, -0.25) is 24.9 Å². The summed E-state index contributed by atoms with van der Waals surface area (Å²) in [6, 6.07) is 6.56. The Bertz CT molecular complexity index is 721. The lowest BCUT2D eigenvalue weighted by atomic mass is 9.82. The first-order valence-electron chi connectivity index (χ1n) is 6.96. The fourth-order valence-corrected chi connectivity index (χ4v) is 2.91. The van der Waals surface area contributed by atoms with E-state index in [-0.39, 0.29) is 13.0 Å². The number of ether oxygens (including phenoxy) is 1. The van der Waals surface area contributed by atoms with E-state index in [2.05, 4.69) is 4.99 Å². The zero-order valence-corrected chi connectivity index (χ0v) is 12.2. The molecule has 1 aromatic rings. The number of fused-ring (bicyclic) bond motifs is 2. The molecule has 0 aliphatic carbocycles. The van der Waals surface area contributed by atoms with Gasteiger partial charge in [-0.2, -0.15) is 13.2 Å². The van der Waals surface area contributed by atoms with Crippen molar-refractivity contribution in [1.29, 1.82) is 0 Å². The average molecular weight is 342 g/mol. The van der Waals surface area contributed by atoms with Crippen LogP contribution in [0.15, 0.2) is 29.3 Å². The van der Waals surface area contributed by atoms with Crippen LogP contribution in [0.5, 0.6) is 5.75 Å². The first-order valence-corrected chi connectivity index (χ1v) is 6.96. The normalized spacial score (nSPS) is 25.3. The third-order valence-corrected chi connectivity index (χ3v) is 3.99. The van der Waals surface area contributed by atoms with Gasteiger partial charge >= 0.3 is 12.1 Å². The first-order chi connectivity index (χ1) is 11.3. The van der Waals surface area contributed by atoms with Gasteiger partial charge in [0, 0.05) is 12.0 Å². The minimum Gasteiger partial charge on any atom is -0.480 e. The van der Waals surface area contributed by atoms with Gasteiger partial charge in [0.15, 0.2) is 6.10 Å². The molecule has 24 heavy (non-hydrogen) atoms. The zero-order chi connectivity index (χ0) is 17.5. The quantitative estimate of drug-likeness (QED) is 0.440. The monoisotopic (exact) mass is 342 g/mol. The van der Waals surface area contributed by atoms with Crippen molar-refractivity contribution in [2.24, 2.45) is 10.8 Å². The van der Waals surface area contributed by atoms with Gasteiger partial charge in [-0.05, 0) is 6.07 Å². The van der Waals surface area contributed by atoms with Gasteiger partial charge in [0.2, 0.25) is 0 Å². The number of nitrogens with one attached hydrogen (secondary N) is 1. The number of nitrogens with zero attached hydrogens (tertiary/aromatic N) is 2. The Hall–Kier alpha value is -2.62. The molecule has 2 atom stereocenters. The summed E-state index contributed by atoms with van der Waals surface area (Å²) >= 11 is 0. The summed E-state index contributed by atoms with van der Waals surface area (Å²) in [7, 11) is 0. The van der Waals surface area contributed by atoms with Crippen LogP contribution in [-0.2, 0) is 15.1 Å². The fourth-order valence-electron chi connectivity index (χ4n) is 2.91. The lowest BCUT2D eigenvalue weighted by molar-refractivity contribution is -0.181. The summed E-state index contributed by atoms with van der Waals surface area (Å²) in [5, 5.41) is 0. The van der Waals surface area contributed by atoms with E-state index >= 15 is 0 Å². The lowest BCUT2D eigenvalue weighted by Gasteiger charge is -2.37. The molecule has 2 heterocycles. The van der Waals surface area contributed by atoms with E-state index in [4.69, 9.17) is 10.6 Å². The molecule has 0 aromatic heterocycles. The van der Waals surface area contributed by atoms with Crippen LogP contribution in [0.1, 0.15) is 12.0 Å². The maximum absolute atomic E-state index is 12.7. The molecule has 7 nitrogen and oxygen atoms in total. The van der Waals surface area contributed by atoms with Crippen LogP contribution in [0.3, 0.4) is 0 Å². The van der Waals surface area contributed by atoms with Crippen LogP contribution in [0.25, 0.3) is 0 Å². The van der Waals surface area contributed by atoms with Crippen LogP contribution < -0.4 is 16.0 Å². The van der Waals surface area contributed by atoms with E-state index in [0.29, 0.717) is 16.2 Å². The number of hydrazine groups is 1. The first kappa shape index (κ1) is 16.2. The van der Waals surface area contributed by atoms with Crippen molar-refractivity contribution in [1.82, 2.24) is 10.3 Å². The van der Waals surface area contributed by atoms with Crippen LogP contribution in [0.4, 0.5) is 13.2 Å². The van der Waals surface area contributed by atoms with E-state index in [1.54, 1.807) is 24.3 Å². The molecule has 0 radical (unpaired) electrons. The summed E-state index contributed by atoms with van der Waals surface area (Å²) in [6.45, 7) is -0.333. The summed E-state index contributed by atoms with van der Waals surface area (Å²) < 4.78 is 43.5. The van der Waals surface area contributed by atoms with E-state index in [0.717, 1.165) is 6.34 Å². The molecule has 0 saturated heterocycles. The van der Waals surface area contributed by atoms with Gasteiger partial charge in [0.05, 0.1) is 12.9 Å². The maximum Gasteiger partial charge on any atom is 0.471 e. The number of para-hydroxylation sites is 1. The van der Waals surface area contributed by atoms with Crippen LogP contribution in [-0.4, -0.2) is 41.9 Å². The minimum absolute atomic E-state index is 0.0365. The molecule has 0 saturated carbocycles. The van der Waals surface area contributed by atoms with Gasteiger partial charge in [-0.15, -0.1) is 0 Å². The van der Waals surface area contributed by atoms with Gasteiger partial charge in [-0.1, -0.05) is 18.2 Å². The number of rotatable bonds is 1. The Balaban J connectivity index is 1.96. The molecule has 3 rings (SSSR count). The third-order valence-electron chi connectivity index (χ3n) is 3.99. The second-order valence-electron chi connectivity index (χ2n) is 5.52. The molecule has 0 fully saturated rings. The third kappa shape index (κ3) is 2.58. The molecule has 0 bridgehead atoms. The zero-order valence-electron chi connectivity index (χ0n) is 12.2. The predicted molar refractivity (Wildman–Crippen MR) is 75.7 cm³/mol. The Labute approximate surface area is 134 Å². The molecule has 10 heteroatoms. The van der Waals surface area contributed by atoms with Crippen LogP contribution >= 0.6 is 0 Å². The molecule has 128 valence electrons. The summed E-state index contributed by atoms with van der Waals surface area (Å²) in [6.07, 6.45) is -5.21. The number of hydrogen-bond acceptors (Lipinski definition) is 5. The standard InChI is InChI=1S/C14H13F3N4O3/c15-14(16,17)12(23)21-6-13(19-7-21)5-10(11(22)20-18)24-9-4-2-1-3-8(9)13/h1-4,7,10H,5-6,18H2,(H,20,22). The summed E-state index contributed by atoms with van der Waals surface area (Å²) in [5.74, 6) is 2.79. The molecule has 1 spiro atoms. The molecule has 2 unspecified atom stereocenters. The van der Waals surface area contributed by atoms with Gasteiger partial charge < -0.3 is 4.74 Å². The lowest BCUT2D eigenvalue weighted by Crippen LogP contribution is -2.50.